The van der Waals surface area contributed by atoms with Gasteiger partial charge in [-0.15, -0.1) is 0 Å². The van der Waals surface area contributed by atoms with E-state index in [2.05, 4.69) is 24.3 Å². The minimum absolute atomic E-state index is 0.00749. The van der Waals surface area contributed by atoms with Gasteiger partial charge in [0.15, 0.2) is 5.84 Å². The summed E-state index contributed by atoms with van der Waals surface area (Å²) >= 11 is 0. The van der Waals surface area contributed by atoms with Crippen molar-refractivity contribution in [3.63, 3.8) is 0 Å². The van der Waals surface area contributed by atoms with E-state index in [0.717, 1.165) is 12.8 Å². The van der Waals surface area contributed by atoms with Crippen molar-refractivity contribution in [3.8, 4) is 0 Å². The van der Waals surface area contributed by atoms with Crippen LogP contribution < -0.4 is 11.1 Å². The topological polar surface area (TPSA) is 87.7 Å². The number of amidine groups is 1. The molecule has 0 radical (unpaired) electrons. The first kappa shape index (κ1) is 14.8. The third-order valence-corrected chi connectivity index (χ3v) is 3.72. The Morgan fingerprint density at radius 2 is 1.94 bits per heavy atom. The minimum Gasteiger partial charge on any atom is -0.409 e. The van der Waals surface area contributed by atoms with Gasteiger partial charge in [-0.1, -0.05) is 25.9 Å². The van der Waals surface area contributed by atoms with Gasteiger partial charge in [0, 0.05) is 6.04 Å². The summed E-state index contributed by atoms with van der Waals surface area (Å²) in [7, 11) is 0. The Hall–Kier alpha value is -1.26. The Bertz CT molecular complexity index is 307. The maximum atomic E-state index is 12.1. The molecule has 3 atom stereocenters. The molecule has 1 rings (SSSR count). The van der Waals surface area contributed by atoms with Crippen LogP contribution in [-0.4, -0.2) is 23.0 Å². The van der Waals surface area contributed by atoms with Gasteiger partial charge in [0.05, 0.1) is 5.92 Å². The average Bonchev–Trinajstić information content (AvgIpc) is 2.28. The highest BCUT2D eigenvalue weighted by Gasteiger charge is 2.28. The van der Waals surface area contributed by atoms with E-state index in [1.54, 1.807) is 0 Å². The van der Waals surface area contributed by atoms with E-state index in [4.69, 9.17) is 10.9 Å². The van der Waals surface area contributed by atoms with Gasteiger partial charge in [0.25, 0.3) is 0 Å². The fraction of sp³-hybridized carbons (Fsp3) is 0.846. The van der Waals surface area contributed by atoms with Crippen LogP contribution in [0, 0.1) is 17.8 Å². The van der Waals surface area contributed by atoms with Gasteiger partial charge in [0.1, 0.15) is 0 Å². The summed E-state index contributed by atoms with van der Waals surface area (Å²) in [4.78, 5) is 12.1. The number of amides is 1. The second kappa shape index (κ2) is 6.61. The molecule has 4 N–H and O–H groups in total. The summed E-state index contributed by atoms with van der Waals surface area (Å²) in [5, 5.41) is 14.6. The maximum absolute atomic E-state index is 12.1. The zero-order chi connectivity index (χ0) is 13.7. The normalized spacial score (nSPS) is 30.8. The van der Waals surface area contributed by atoms with Crippen molar-refractivity contribution < 1.29 is 10.0 Å². The monoisotopic (exact) mass is 255 g/mol. The van der Waals surface area contributed by atoms with Crippen LogP contribution in [-0.2, 0) is 4.79 Å². The second-order valence-corrected chi connectivity index (χ2v) is 5.61. The van der Waals surface area contributed by atoms with Gasteiger partial charge in [-0.25, -0.2) is 0 Å². The summed E-state index contributed by atoms with van der Waals surface area (Å²) in [5.41, 5.74) is 5.53. The summed E-state index contributed by atoms with van der Waals surface area (Å²) in [6.45, 7) is 6.29. The maximum Gasteiger partial charge on any atom is 0.231 e. The van der Waals surface area contributed by atoms with E-state index >= 15 is 0 Å². The molecule has 1 saturated carbocycles. The summed E-state index contributed by atoms with van der Waals surface area (Å²) in [6, 6.07) is 0.219. The molecule has 1 amide bonds. The molecule has 0 aliphatic heterocycles. The van der Waals surface area contributed by atoms with E-state index in [-0.39, 0.29) is 17.8 Å². The minimum atomic E-state index is -0.525. The van der Waals surface area contributed by atoms with Crippen LogP contribution in [0.5, 0.6) is 0 Å². The molecule has 0 saturated heterocycles. The quantitative estimate of drug-likeness (QED) is 0.309. The van der Waals surface area contributed by atoms with E-state index in [1.807, 2.05) is 6.92 Å². The molecule has 1 fully saturated rings. The molecule has 0 spiro atoms. The number of hydrogen-bond acceptors (Lipinski definition) is 3. The van der Waals surface area contributed by atoms with Crippen LogP contribution >= 0.6 is 0 Å². The van der Waals surface area contributed by atoms with Gasteiger partial charge in [-0.05, 0) is 37.5 Å². The van der Waals surface area contributed by atoms with Crippen LogP contribution in [0.2, 0.25) is 0 Å². The van der Waals surface area contributed by atoms with Crippen molar-refractivity contribution in [2.45, 2.75) is 52.5 Å². The molecule has 0 bridgehead atoms. The first-order chi connectivity index (χ1) is 8.47. The van der Waals surface area contributed by atoms with Gasteiger partial charge < -0.3 is 16.3 Å². The highest BCUT2D eigenvalue weighted by atomic mass is 16.4. The molecule has 5 nitrogen and oxygen atoms in total. The van der Waals surface area contributed by atoms with Crippen molar-refractivity contribution in [1.82, 2.24) is 5.32 Å². The number of oxime groups is 1. The SMILES string of the molecule is CCC(C(=O)NC1CC(C)CC(C)C1)C(N)=NO. The molecular formula is C13H25N3O2. The smallest absolute Gasteiger partial charge is 0.231 e. The first-order valence-electron chi connectivity index (χ1n) is 6.75. The Kier molecular flexibility index (Phi) is 5.44. The third-order valence-electron chi connectivity index (χ3n) is 3.72. The zero-order valence-corrected chi connectivity index (χ0v) is 11.5. The lowest BCUT2D eigenvalue weighted by atomic mass is 9.80. The number of carbonyl (C=O) groups excluding carboxylic acids is 1. The van der Waals surface area contributed by atoms with Crippen molar-refractivity contribution in [2.24, 2.45) is 28.6 Å². The number of nitrogens with zero attached hydrogens (tertiary/aromatic N) is 1. The Balaban J connectivity index is 2.57. The first-order valence-corrected chi connectivity index (χ1v) is 6.75. The molecule has 18 heavy (non-hydrogen) atoms. The van der Waals surface area contributed by atoms with Crippen molar-refractivity contribution >= 4 is 11.7 Å². The van der Waals surface area contributed by atoms with Crippen LogP contribution in [0.1, 0.15) is 46.5 Å². The van der Waals surface area contributed by atoms with Gasteiger partial charge in [-0.2, -0.15) is 0 Å². The predicted molar refractivity (Wildman–Crippen MR) is 71.3 cm³/mol. The van der Waals surface area contributed by atoms with Crippen LogP contribution in [0.3, 0.4) is 0 Å². The molecule has 3 unspecified atom stereocenters. The largest absolute Gasteiger partial charge is 0.409 e. The molecule has 0 heterocycles. The van der Waals surface area contributed by atoms with Gasteiger partial charge in [-0.3, -0.25) is 4.79 Å². The standard InChI is InChI=1S/C13H25N3O2/c1-4-11(12(14)16-18)13(17)15-10-6-8(2)5-9(3)7-10/h8-11,18H,4-7H2,1-3H3,(H2,14,16)(H,15,17). The Morgan fingerprint density at radius 1 is 1.39 bits per heavy atom. The molecule has 0 aromatic heterocycles. The Labute approximate surface area is 109 Å². The number of nitrogens with two attached hydrogens (primary N) is 1. The van der Waals surface area contributed by atoms with Crippen molar-refractivity contribution in [3.05, 3.63) is 0 Å². The number of hydrogen-bond donors (Lipinski definition) is 3. The van der Waals surface area contributed by atoms with Crippen LogP contribution in [0.25, 0.3) is 0 Å². The second-order valence-electron chi connectivity index (χ2n) is 5.61. The summed E-state index contributed by atoms with van der Waals surface area (Å²) < 4.78 is 0. The Morgan fingerprint density at radius 3 is 2.39 bits per heavy atom. The van der Waals surface area contributed by atoms with Crippen LogP contribution in [0.4, 0.5) is 0 Å². The van der Waals surface area contributed by atoms with Gasteiger partial charge >= 0.3 is 0 Å². The molecule has 104 valence electrons. The lowest BCUT2D eigenvalue weighted by Gasteiger charge is -2.32. The zero-order valence-electron chi connectivity index (χ0n) is 11.5. The average molecular weight is 255 g/mol. The highest BCUT2D eigenvalue weighted by molar-refractivity contribution is 6.02. The third kappa shape index (κ3) is 3.89. The molecular weight excluding hydrogens is 230 g/mol. The fourth-order valence-corrected chi connectivity index (χ4v) is 2.97. The molecule has 0 aromatic carbocycles. The highest BCUT2D eigenvalue weighted by Crippen LogP contribution is 2.28. The summed E-state index contributed by atoms with van der Waals surface area (Å²) in [5.74, 6) is 0.625. The van der Waals surface area contributed by atoms with E-state index < -0.39 is 5.92 Å². The van der Waals surface area contributed by atoms with Crippen molar-refractivity contribution in [1.29, 1.82) is 0 Å². The lowest BCUT2D eigenvalue weighted by Crippen LogP contribution is -2.45. The predicted octanol–water partition coefficient (Wildman–Crippen LogP) is 1.70. The molecule has 1 aliphatic rings. The number of carbonyl (C=O) groups is 1. The summed E-state index contributed by atoms with van der Waals surface area (Å²) in [6.07, 6.45) is 3.80. The van der Waals surface area contributed by atoms with E-state index in [0.29, 0.717) is 18.3 Å². The van der Waals surface area contributed by atoms with E-state index in [9.17, 15) is 4.79 Å². The fourth-order valence-electron chi connectivity index (χ4n) is 2.97. The van der Waals surface area contributed by atoms with Gasteiger partial charge in [0.2, 0.25) is 5.91 Å². The molecule has 0 aromatic rings. The molecule has 1 aliphatic carbocycles. The van der Waals surface area contributed by atoms with E-state index in [1.165, 1.54) is 6.42 Å². The lowest BCUT2D eigenvalue weighted by molar-refractivity contribution is -0.124. The van der Waals surface area contributed by atoms with Crippen LogP contribution in [0.15, 0.2) is 5.16 Å². The van der Waals surface area contributed by atoms with Crippen molar-refractivity contribution in [2.75, 3.05) is 0 Å². The number of rotatable bonds is 4. The molecule has 5 heteroatoms. The number of nitrogens with one attached hydrogen (secondary N) is 1.